The molecule has 0 atom stereocenters. The molecule has 0 saturated carbocycles. The Hall–Kier alpha value is -2.21. The standard InChI is InChI=1S/C16H17N5S/c1-21(8-10-5-6-13(17)18-7-10)15-14-11-3-2-4-12(11)22-16(14)20-9-19-15/h5-7,9H,2-4,8H2,1H3,(H2,17,18). The summed E-state index contributed by atoms with van der Waals surface area (Å²) in [6.07, 6.45) is 7.06. The van der Waals surface area contributed by atoms with Crippen LogP contribution < -0.4 is 10.6 Å². The first-order valence-electron chi connectivity index (χ1n) is 7.39. The van der Waals surface area contributed by atoms with Crippen molar-refractivity contribution in [3.63, 3.8) is 0 Å². The van der Waals surface area contributed by atoms with E-state index < -0.39 is 0 Å². The zero-order chi connectivity index (χ0) is 15.1. The number of anilines is 2. The minimum atomic E-state index is 0.548. The number of rotatable bonds is 3. The number of aromatic nitrogens is 3. The lowest BCUT2D eigenvalue weighted by molar-refractivity contribution is 0.891. The van der Waals surface area contributed by atoms with Gasteiger partial charge in [0, 0.05) is 24.7 Å². The largest absolute Gasteiger partial charge is 0.384 e. The van der Waals surface area contributed by atoms with E-state index in [-0.39, 0.29) is 0 Å². The summed E-state index contributed by atoms with van der Waals surface area (Å²) in [7, 11) is 2.07. The molecule has 5 nitrogen and oxygen atoms in total. The molecule has 112 valence electrons. The Bertz CT molecular complexity index is 824. The third-order valence-corrected chi connectivity index (χ3v) is 5.31. The van der Waals surface area contributed by atoms with Gasteiger partial charge in [-0.3, -0.25) is 0 Å². The number of aryl methyl sites for hydroxylation is 2. The zero-order valence-electron chi connectivity index (χ0n) is 12.4. The maximum atomic E-state index is 5.65. The van der Waals surface area contributed by atoms with Crippen LogP contribution in [-0.2, 0) is 19.4 Å². The van der Waals surface area contributed by atoms with Gasteiger partial charge >= 0.3 is 0 Å². The first kappa shape index (κ1) is 13.5. The van der Waals surface area contributed by atoms with Crippen LogP contribution in [0.4, 0.5) is 11.6 Å². The molecule has 0 spiro atoms. The molecule has 0 unspecified atom stereocenters. The van der Waals surface area contributed by atoms with Gasteiger partial charge in [-0.15, -0.1) is 11.3 Å². The van der Waals surface area contributed by atoms with Crippen LogP contribution in [0.1, 0.15) is 22.4 Å². The molecule has 2 N–H and O–H groups in total. The predicted molar refractivity (Wildman–Crippen MR) is 90.2 cm³/mol. The second kappa shape index (κ2) is 5.21. The van der Waals surface area contributed by atoms with E-state index in [4.69, 9.17) is 5.73 Å². The first-order chi connectivity index (χ1) is 10.7. The molecule has 0 radical (unpaired) electrons. The van der Waals surface area contributed by atoms with Crippen LogP contribution in [0.15, 0.2) is 24.7 Å². The summed E-state index contributed by atoms with van der Waals surface area (Å²) in [4.78, 5) is 17.9. The van der Waals surface area contributed by atoms with Crippen molar-refractivity contribution < 1.29 is 0 Å². The molecular weight excluding hydrogens is 294 g/mol. The molecule has 3 aromatic rings. The first-order valence-corrected chi connectivity index (χ1v) is 8.21. The molecule has 0 amide bonds. The Morgan fingerprint density at radius 3 is 2.95 bits per heavy atom. The number of hydrogen-bond acceptors (Lipinski definition) is 6. The van der Waals surface area contributed by atoms with Crippen LogP contribution in [0.2, 0.25) is 0 Å². The lowest BCUT2D eigenvalue weighted by Gasteiger charge is -2.19. The number of hydrogen-bond donors (Lipinski definition) is 1. The van der Waals surface area contributed by atoms with Crippen molar-refractivity contribution in [2.45, 2.75) is 25.8 Å². The molecule has 3 heterocycles. The number of thiophene rings is 1. The summed E-state index contributed by atoms with van der Waals surface area (Å²) in [5, 5.41) is 1.24. The summed E-state index contributed by atoms with van der Waals surface area (Å²) in [6, 6.07) is 3.84. The van der Waals surface area contributed by atoms with E-state index in [2.05, 4.69) is 26.9 Å². The highest BCUT2D eigenvalue weighted by molar-refractivity contribution is 7.19. The smallest absolute Gasteiger partial charge is 0.141 e. The number of fused-ring (bicyclic) bond motifs is 3. The average Bonchev–Trinajstić information content (AvgIpc) is 3.09. The molecule has 1 aliphatic rings. The number of pyridine rings is 1. The molecule has 3 aromatic heterocycles. The van der Waals surface area contributed by atoms with Gasteiger partial charge in [-0.05, 0) is 36.5 Å². The Balaban J connectivity index is 1.72. The predicted octanol–water partition coefficient (Wildman–Crippen LogP) is 2.79. The van der Waals surface area contributed by atoms with Crippen LogP contribution in [-0.4, -0.2) is 22.0 Å². The highest BCUT2D eigenvalue weighted by Crippen LogP contribution is 2.40. The van der Waals surface area contributed by atoms with E-state index in [9.17, 15) is 0 Å². The van der Waals surface area contributed by atoms with Crippen molar-refractivity contribution in [2.24, 2.45) is 0 Å². The summed E-state index contributed by atoms with van der Waals surface area (Å²) in [5.41, 5.74) is 8.22. The molecule has 22 heavy (non-hydrogen) atoms. The average molecular weight is 311 g/mol. The second-order valence-corrected chi connectivity index (χ2v) is 6.77. The van der Waals surface area contributed by atoms with Gasteiger partial charge in [0.05, 0.1) is 5.39 Å². The fourth-order valence-corrected chi connectivity index (χ4v) is 4.30. The minimum absolute atomic E-state index is 0.548. The van der Waals surface area contributed by atoms with Gasteiger partial charge in [0.25, 0.3) is 0 Å². The van der Waals surface area contributed by atoms with E-state index in [1.807, 2.05) is 29.7 Å². The summed E-state index contributed by atoms with van der Waals surface area (Å²) in [5.74, 6) is 1.56. The van der Waals surface area contributed by atoms with Crippen LogP contribution >= 0.6 is 11.3 Å². The zero-order valence-corrected chi connectivity index (χ0v) is 13.2. The van der Waals surface area contributed by atoms with Gasteiger partial charge in [-0.1, -0.05) is 6.07 Å². The van der Waals surface area contributed by atoms with Gasteiger partial charge in [0.1, 0.15) is 22.8 Å². The van der Waals surface area contributed by atoms with E-state index in [0.29, 0.717) is 5.82 Å². The quantitative estimate of drug-likeness (QED) is 0.805. The van der Waals surface area contributed by atoms with E-state index in [1.54, 1.807) is 6.33 Å². The fraction of sp³-hybridized carbons (Fsp3) is 0.312. The third-order valence-electron chi connectivity index (χ3n) is 4.11. The molecule has 0 fully saturated rings. The van der Waals surface area contributed by atoms with Gasteiger partial charge in [0.15, 0.2) is 0 Å². The van der Waals surface area contributed by atoms with Crippen molar-refractivity contribution >= 4 is 33.2 Å². The van der Waals surface area contributed by atoms with Crippen LogP contribution in [0.3, 0.4) is 0 Å². The van der Waals surface area contributed by atoms with Crippen molar-refractivity contribution in [1.82, 2.24) is 15.0 Å². The van der Waals surface area contributed by atoms with Crippen LogP contribution in [0.25, 0.3) is 10.2 Å². The highest BCUT2D eigenvalue weighted by atomic mass is 32.1. The van der Waals surface area contributed by atoms with Crippen molar-refractivity contribution in [2.75, 3.05) is 17.7 Å². The van der Waals surface area contributed by atoms with E-state index in [0.717, 1.165) is 29.2 Å². The van der Waals surface area contributed by atoms with Crippen molar-refractivity contribution in [3.8, 4) is 0 Å². The third kappa shape index (κ3) is 2.20. The molecule has 4 rings (SSSR count). The maximum Gasteiger partial charge on any atom is 0.141 e. The summed E-state index contributed by atoms with van der Waals surface area (Å²) >= 11 is 1.82. The second-order valence-electron chi connectivity index (χ2n) is 5.68. The fourth-order valence-electron chi connectivity index (χ4n) is 3.08. The Morgan fingerprint density at radius 2 is 2.14 bits per heavy atom. The van der Waals surface area contributed by atoms with Gasteiger partial charge in [0.2, 0.25) is 0 Å². The normalized spacial score (nSPS) is 13.5. The number of nitrogens with zero attached hydrogens (tertiary/aromatic N) is 4. The van der Waals surface area contributed by atoms with Gasteiger partial charge in [-0.25, -0.2) is 15.0 Å². The Morgan fingerprint density at radius 1 is 1.23 bits per heavy atom. The number of nitrogen functional groups attached to an aromatic ring is 1. The number of nitrogens with two attached hydrogens (primary N) is 1. The lowest BCUT2D eigenvalue weighted by atomic mass is 10.1. The molecular formula is C16H17N5S. The molecule has 6 heteroatoms. The molecule has 0 aliphatic heterocycles. The molecule has 0 aromatic carbocycles. The van der Waals surface area contributed by atoms with E-state index in [1.165, 1.54) is 28.7 Å². The topological polar surface area (TPSA) is 67.9 Å². The van der Waals surface area contributed by atoms with Crippen LogP contribution in [0, 0.1) is 0 Å². The summed E-state index contributed by atoms with van der Waals surface area (Å²) in [6.45, 7) is 0.754. The SMILES string of the molecule is CN(Cc1ccc(N)nc1)c1ncnc2sc3c(c12)CCC3. The van der Waals surface area contributed by atoms with Crippen molar-refractivity contribution in [3.05, 3.63) is 40.7 Å². The molecule has 0 bridgehead atoms. The van der Waals surface area contributed by atoms with Gasteiger partial charge < -0.3 is 10.6 Å². The van der Waals surface area contributed by atoms with E-state index >= 15 is 0 Å². The Labute approximate surface area is 132 Å². The molecule has 0 saturated heterocycles. The Kier molecular flexibility index (Phi) is 3.18. The van der Waals surface area contributed by atoms with Crippen molar-refractivity contribution in [1.29, 1.82) is 0 Å². The molecule has 1 aliphatic carbocycles. The maximum absolute atomic E-state index is 5.65. The minimum Gasteiger partial charge on any atom is -0.384 e. The summed E-state index contributed by atoms with van der Waals surface area (Å²) < 4.78 is 0. The monoisotopic (exact) mass is 311 g/mol. The highest BCUT2D eigenvalue weighted by Gasteiger charge is 2.22. The van der Waals surface area contributed by atoms with Crippen LogP contribution in [0.5, 0.6) is 0 Å². The lowest BCUT2D eigenvalue weighted by Crippen LogP contribution is -2.18. The van der Waals surface area contributed by atoms with Gasteiger partial charge in [-0.2, -0.15) is 0 Å².